The van der Waals surface area contributed by atoms with E-state index in [1.54, 1.807) is 7.11 Å². The van der Waals surface area contributed by atoms with Crippen LogP contribution in [-0.2, 0) is 10.9 Å². The molecule has 1 heterocycles. The SMILES string of the molecule is COCCNCCNC(=O)c1ccc(C(F)(F)F)nc1. The highest BCUT2D eigenvalue weighted by Gasteiger charge is 2.32. The molecule has 0 atom stereocenters. The van der Waals surface area contributed by atoms with E-state index < -0.39 is 17.8 Å². The van der Waals surface area contributed by atoms with Crippen LogP contribution in [-0.4, -0.2) is 44.2 Å². The van der Waals surface area contributed by atoms with E-state index in [4.69, 9.17) is 4.74 Å². The molecule has 2 N–H and O–H groups in total. The van der Waals surface area contributed by atoms with Gasteiger partial charge in [-0.15, -0.1) is 0 Å². The fourth-order valence-corrected chi connectivity index (χ4v) is 1.36. The van der Waals surface area contributed by atoms with E-state index in [9.17, 15) is 18.0 Å². The Bertz CT molecular complexity index is 421. The Morgan fingerprint density at radius 2 is 2.05 bits per heavy atom. The van der Waals surface area contributed by atoms with E-state index in [1.807, 2.05) is 0 Å². The Hall–Kier alpha value is -1.67. The normalized spacial score (nSPS) is 11.4. The van der Waals surface area contributed by atoms with E-state index in [1.165, 1.54) is 0 Å². The van der Waals surface area contributed by atoms with Crippen molar-refractivity contribution in [1.82, 2.24) is 15.6 Å². The van der Waals surface area contributed by atoms with E-state index in [2.05, 4.69) is 15.6 Å². The van der Waals surface area contributed by atoms with Crippen molar-refractivity contribution in [3.05, 3.63) is 29.6 Å². The molecule has 1 rings (SSSR count). The van der Waals surface area contributed by atoms with Crippen molar-refractivity contribution in [2.75, 3.05) is 33.4 Å². The number of methoxy groups -OCH3 is 1. The minimum absolute atomic E-state index is 0.0925. The molecule has 112 valence electrons. The summed E-state index contributed by atoms with van der Waals surface area (Å²) in [5.74, 6) is -0.459. The lowest BCUT2D eigenvalue weighted by Gasteiger charge is -2.08. The van der Waals surface area contributed by atoms with Gasteiger partial charge in [-0.1, -0.05) is 0 Å². The zero-order valence-corrected chi connectivity index (χ0v) is 11.0. The smallest absolute Gasteiger partial charge is 0.383 e. The molecule has 0 fully saturated rings. The van der Waals surface area contributed by atoms with Crippen LogP contribution >= 0.6 is 0 Å². The lowest BCUT2D eigenvalue weighted by atomic mass is 10.2. The third-order valence-electron chi connectivity index (χ3n) is 2.39. The highest BCUT2D eigenvalue weighted by molar-refractivity contribution is 5.93. The second-order valence-electron chi connectivity index (χ2n) is 3.93. The Labute approximate surface area is 114 Å². The molecular formula is C12H16F3N3O2. The molecule has 1 aromatic rings. The molecule has 8 heteroatoms. The number of carbonyl (C=O) groups is 1. The molecule has 0 spiro atoms. The van der Waals surface area contributed by atoms with Crippen LogP contribution in [0.3, 0.4) is 0 Å². The van der Waals surface area contributed by atoms with Crippen LogP contribution in [0.1, 0.15) is 16.1 Å². The van der Waals surface area contributed by atoms with E-state index in [-0.39, 0.29) is 5.56 Å². The van der Waals surface area contributed by atoms with E-state index in [0.717, 1.165) is 18.3 Å². The lowest BCUT2D eigenvalue weighted by molar-refractivity contribution is -0.141. The van der Waals surface area contributed by atoms with Crippen LogP contribution in [0, 0.1) is 0 Å². The Kier molecular flexibility index (Phi) is 6.40. The maximum atomic E-state index is 12.3. The quantitative estimate of drug-likeness (QED) is 0.738. The average molecular weight is 291 g/mol. The van der Waals surface area contributed by atoms with Crippen molar-refractivity contribution in [3.8, 4) is 0 Å². The number of amides is 1. The molecule has 20 heavy (non-hydrogen) atoms. The van der Waals surface area contributed by atoms with Crippen LogP contribution in [0.2, 0.25) is 0 Å². The summed E-state index contributed by atoms with van der Waals surface area (Å²) >= 11 is 0. The third-order valence-corrected chi connectivity index (χ3v) is 2.39. The molecule has 0 aromatic carbocycles. The van der Waals surface area contributed by atoms with Gasteiger partial charge >= 0.3 is 6.18 Å². The van der Waals surface area contributed by atoms with Crippen molar-refractivity contribution in [2.45, 2.75) is 6.18 Å². The van der Waals surface area contributed by atoms with Crippen molar-refractivity contribution < 1.29 is 22.7 Å². The Morgan fingerprint density at radius 3 is 2.60 bits per heavy atom. The van der Waals surface area contributed by atoms with E-state index in [0.29, 0.717) is 26.2 Å². The summed E-state index contributed by atoms with van der Waals surface area (Å²) in [7, 11) is 1.58. The number of nitrogens with zero attached hydrogens (tertiary/aromatic N) is 1. The first-order valence-corrected chi connectivity index (χ1v) is 5.96. The first-order valence-electron chi connectivity index (χ1n) is 5.96. The van der Waals surface area contributed by atoms with Gasteiger partial charge in [0.1, 0.15) is 5.69 Å². The number of hydrogen-bond donors (Lipinski definition) is 2. The number of ether oxygens (including phenoxy) is 1. The number of alkyl halides is 3. The monoisotopic (exact) mass is 291 g/mol. The van der Waals surface area contributed by atoms with Crippen LogP contribution in [0.15, 0.2) is 18.3 Å². The van der Waals surface area contributed by atoms with Gasteiger partial charge in [-0.25, -0.2) is 0 Å². The molecule has 0 aliphatic heterocycles. The standard InChI is InChI=1S/C12H16F3N3O2/c1-20-7-6-16-4-5-17-11(19)9-2-3-10(18-8-9)12(13,14)15/h2-3,8,16H,4-7H2,1H3,(H,17,19). The largest absolute Gasteiger partial charge is 0.433 e. The van der Waals surface area contributed by atoms with Gasteiger partial charge in [0.25, 0.3) is 5.91 Å². The van der Waals surface area contributed by atoms with Gasteiger partial charge in [0.2, 0.25) is 0 Å². The number of aromatic nitrogens is 1. The molecule has 0 saturated heterocycles. The van der Waals surface area contributed by atoms with Gasteiger partial charge in [0.15, 0.2) is 0 Å². The van der Waals surface area contributed by atoms with Crippen LogP contribution < -0.4 is 10.6 Å². The zero-order chi connectivity index (χ0) is 15.0. The number of carbonyl (C=O) groups excluding carboxylic acids is 1. The summed E-state index contributed by atoms with van der Waals surface area (Å²) in [6.45, 7) is 2.14. The molecule has 1 aromatic heterocycles. The minimum Gasteiger partial charge on any atom is -0.383 e. The van der Waals surface area contributed by atoms with Gasteiger partial charge in [0.05, 0.1) is 12.2 Å². The van der Waals surface area contributed by atoms with Crippen molar-refractivity contribution >= 4 is 5.91 Å². The number of nitrogens with one attached hydrogen (secondary N) is 2. The lowest BCUT2D eigenvalue weighted by Crippen LogP contribution is -2.33. The van der Waals surface area contributed by atoms with Crippen molar-refractivity contribution in [1.29, 1.82) is 0 Å². The van der Waals surface area contributed by atoms with Crippen LogP contribution in [0.4, 0.5) is 13.2 Å². The highest BCUT2D eigenvalue weighted by Crippen LogP contribution is 2.27. The zero-order valence-electron chi connectivity index (χ0n) is 11.0. The fourth-order valence-electron chi connectivity index (χ4n) is 1.36. The third kappa shape index (κ3) is 5.54. The summed E-state index contributed by atoms with van der Waals surface area (Å²) in [6.07, 6.45) is -3.59. The second-order valence-corrected chi connectivity index (χ2v) is 3.93. The topological polar surface area (TPSA) is 63.2 Å². The van der Waals surface area contributed by atoms with Gasteiger partial charge in [0, 0.05) is 32.9 Å². The predicted octanol–water partition coefficient (Wildman–Crippen LogP) is 1.07. The highest BCUT2D eigenvalue weighted by atomic mass is 19.4. The summed E-state index contributed by atoms with van der Waals surface area (Å²) < 4.78 is 41.7. The summed E-state index contributed by atoms with van der Waals surface area (Å²) in [5, 5.41) is 5.59. The first kappa shape index (κ1) is 16.4. The average Bonchev–Trinajstić information content (AvgIpc) is 2.41. The van der Waals surface area contributed by atoms with Crippen molar-refractivity contribution in [2.24, 2.45) is 0 Å². The van der Waals surface area contributed by atoms with Gasteiger partial charge in [-0.3, -0.25) is 9.78 Å². The maximum absolute atomic E-state index is 12.3. The number of hydrogen-bond acceptors (Lipinski definition) is 4. The summed E-state index contributed by atoms with van der Waals surface area (Å²) in [6, 6.07) is 1.88. The van der Waals surface area contributed by atoms with E-state index >= 15 is 0 Å². The van der Waals surface area contributed by atoms with Crippen LogP contribution in [0.5, 0.6) is 0 Å². The fraction of sp³-hybridized carbons (Fsp3) is 0.500. The van der Waals surface area contributed by atoms with Crippen molar-refractivity contribution in [3.63, 3.8) is 0 Å². The molecule has 0 radical (unpaired) electrons. The summed E-state index contributed by atoms with van der Waals surface area (Å²) in [5.41, 5.74) is -0.926. The molecule has 1 amide bonds. The molecular weight excluding hydrogens is 275 g/mol. The van der Waals surface area contributed by atoms with Crippen LogP contribution in [0.25, 0.3) is 0 Å². The Balaban J connectivity index is 2.37. The molecule has 5 nitrogen and oxygen atoms in total. The number of rotatable bonds is 7. The first-order chi connectivity index (χ1) is 9.45. The van der Waals surface area contributed by atoms with Gasteiger partial charge in [-0.2, -0.15) is 13.2 Å². The minimum atomic E-state index is -4.50. The second kappa shape index (κ2) is 7.81. The predicted molar refractivity (Wildman–Crippen MR) is 66.3 cm³/mol. The molecule has 0 aliphatic rings. The molecule has 0 saturated carbocycles. The molecule has 0 bridgehead atoms. The number of halogens is 3. The molecule has 0 unspecified atom stereocenters. The maximum Gasteiger partial charge on any atom is 0.433 e. The van der Waals surface area contributed by atoms with Gasteiger partial charge < -0.3 is 15.4 Å². The molecule has 0 aliphatic carbocycles. The van der Waals surface area contributed by atoms with Gasteiger partial charge in [-0.05, 0) is 12.1 Å². The Morgan fingerprint density at radius 1 is 1.30 bits per heavy atom. The summed E-state index contributed by atoms with van der Waals surface area (Å²) in [4.78, 5) is 14.8. The number of pyridine rings is 1.